The number of anilines is 1. The summed E-state index contributed by atoms with van der Waals surface area (Å²) < 4.78 is 11.1. The average Bonchev–Trinajstić information content (AvgIpc) is 2.97. The molecule has 174 valence electrons. The molecule has 1 heterocycles. The Labute approximate surface area is 198 Å². The second kappa shape index (κ2) is 9.79. The summed E-state index contributed by atoms with van der Waals surface area (Å²) in [7, 11) is 3.15. The van der Waals surface area contributed by atoms with Crippen molar-refractivity contribution in [3.8, 4) is 11.5 Å². The molecule has 1 aliphatic heterocycles. The highest BCUT2D eigenvalue weighted by molar-refractivity contribution is 6.20. The maximum atomic E-state index is 13.7. The van der Waals surface area contributed by atoms with Crippen LogP contribution in [-0.2, 0) is 11.2 Å². The molecule has 1 aliphatic rings. The summed E-state index contributed by atoms with van der Waals surface area (Å²) in [4.78, 5) is 32.1. The van der Waals surface area contributed by atoms with E-state index >= 15 is 0 Å². The van der Waals surface area contributed by atoms with Crippen LogP contribution in [0.15, 0.2) is 71.7 Å². The Kier molecular flexibility index (Phi) is 6.63. The van der Waals surface area contributed by atoms with Crippen molar-refractivity contribution in [1.29, 1.82) is 0 Å². The van der Waals surface area contributed by atoms with Crippen molar-refractivity contribution in [2.24, 2.45) is 10.7 Å². The second-order valence-corrected chi connectivity index (χ2v) is 7.94. The third-order valence-electron chi connectivity index (χ3n) is 5.89. The van der Waals surface area contributed by atoms with Gasteiger partial charge in [-0.05, 0) is 30.7 Å². The number of amides is 2. The van der Waals surface area contributed by atoms with Crippen LogP contribution in [0.3, 0.4) is 0 Å². The first-order valence-electron chi connectivity index (χ1n) is 11.1. The number of primary amides is 1. The predicted molar refractivity (Wildman–Crippen MR) is 132 cm³/mol. The number of aliphatic imine (C=N–C) groups is 1. The minimum atomic E-state index is -0.692. The van der Waals surface area contributed by atoms with Gasteiger partial charge in [-0.25, -0.2) is 0 Å². The molecule has 0 spiro atoms. The molecule has 34 heavy (non-hydrogen) atoms. The van der Waals surface area contributed by atoms with Crippen LogP contribution in [0.25, 0.3) is 0 Å². The van der Waals surface area contributed by atoms with Crippen molar-refractivity contribution in [1.82, 2.24) is 0 Å². The molecule has 0 saturated carbocycles. The summed E-state index contributed by atoms with van der Waals surface area (Å²) in [6, 6.07) is 19.8. The van der Waals surface area contributed by atoms with Gasteiger partial charge >= 0.3 is 0 Å². The standard InChI is InChI=1S/C27H27N3O4/c1-4-30-22-16-24(34-3)23(33-2)15-20(22)25(18-10-6-5-7-11-18)29-21(27(30)32)14-17-9-8-12-19(13-17)26(28)31/h5-13,15-16,21H,4,14H2,1-3H3,(H2,28,31). The molecule has 7 nitrogen and oxygen atoms in total. The van der Waals surface area contributed by atoms with Crippen molar-refractivity contribution >= 4 is 23.2 Å². The lowest BCUT2D eigenvalue weighted by molar-refractivity contribution is -0.119. The number of carbonyl (C=O) groups excluding carboxylic acids is 2. The van der Waals surface area contributed by atoms with Crippen LogP contribution in [0.2, 0.25) is 0 Å². The first-order valence-corrected chi connectivity index (χ1v) is 11.1. The van der Waals surface area contributed by atoms with Gasteiger partial charge in [-0.1, -0.05) is 42.5 Å². The number of hydrogen-bond donors (Lipinski definition) is 1. The lowest BCUT2D eigenvalue weighted by atomic mass is 9.99. The number of hydrogen-bond acceptors (Lipinski definition) is 5. The summed E-state index contributed by atoms with van der Waals surface area (Å²) in [5.41, 5.74) is 9.74. The van der Waals surface area contributed by atoms with Crippen molar-refractivity contribution in [2.75, 3.05) is 25.7 Å². The fourth-order valence-corrected chi connectivity index (χ4v) is 4.22. The Hall–Kier alpha value is -4.13. The molecule has 3 aromatic rings. The third kappa shape index (κ3) is 4.37. The number of benzodiazepines with no additional fused rings is 1. The first kappa shape index (κ1) is 23.0. The SMILES string of the molecule is CCN1C(=O)C(Cc2cccc(C(N)=O)c2)N=C(c2ccccc2)c2cc(OC)c(OC)cc21. The van der Waals surface area contributed by atoms with E-state index in [-0.39, 0.29) is 5.91 Å². The van der Waals surface area contributed by atoms with E-state index in [4.69, 9.17) is 20.2 Å². The van der Waals surface area contributed by atoms with E-state index in [1.54, 1.807) is 37.3 Å². The quantitative estimate of drug-likeness (QED) is 0.586. The molecular weight excluding hydrogens is 430 g/mol. The highest BCUT2D eigenvalue weighted by atomic mass is 16.5. The molecule has 2 amide bonds. The lowest BCUT2D eigenvalue weighted by Crippen LogP contribution is -2.38. The molecule has 1 atom stereocenters. The van der Waals surface area contributed by atoms with Crippen molar-refractivity contribution in [3.05, 3.63) is 89.0 Å². The number of fused-ring (bicyclic) bond motifs is 1. The number of benzene rings is 3. The number of nitrogens with zero attached hydrogens (tertiary/aromatic N) is 2. The van der Waals surface area contributed by atoms with Crippen molar-refractivity contribution in [2.45, 2.75) is 19.4 Å². The molecule has 0 bridgehead atoms. The molecule has 0 aliphatic carbocycles. The Morgan fingerprint density at radius 2 is 1.71 bits per heavy atom. The van der Waals surface area contributed by atoms with Crippen LogP contribution in [0.1, 0.15) is 34.0 Å². The number of rotatable bonds is 7. The number of nitrogens with two attached hydrogens (primary N) is 1. The molecule has 4 rings (SSSR count). The van der Waals surface area contributed by atoms with Gasteiger partial charge in [0.25, 0.3) is 5.91 Å². The third-order valence-corrected chi connectivity index (χ3v) is 5.89. The van der Waals surface area contributed by atoms with Gasteiger partial charge in [0.05, 0.1) is 25.6 Å². The van der Waals surface area contributed by atoms with E-state index in [0.29, 0.717) is 41.4 Å². The topological polar surface area (TPSA) is 94.2 Å². The van der Waals surface area contributed by atoms with E-state index in [9.17, 15) is 9.59 Å². The van der Waals surface area contributed by atoms with Crippen LogP contribution >= 0.6 is 0 Å². The Morgan fingerprint density at radius 3 is 2.35 bits per heavy atom. The minimum absolute atomic E-state index is 0.133. The molecule has 0 radical (unpaired) electrons. The van der Waals surface area contributed by atoms with Gasteiger partial charge < -0.3 is 20.1 Å². The zero-order chi connectivity index (χ0) is 24.2. The second-order valence-electron chi connectivity index (χ2n) is 7.94. The van der Waals surface area contributed by atoms with Gasteiger partial charge in [0, 0.05) is 35.7 Å². The molecule has 2 N–H and O–H groups in total. The fraction of sp³-hybridized carbons (Fsp3) is 0.222. The normalized spacial score (nSPS) is 15.3. The highest BCUT2D eigenvalue weighted by Crippen LogP contribution is 2.38. The number of methoxy groups -OCH3 is 2. The van der Waals surface area contributed by atoms with E-state index in [1.807, 2.05) is 55.5 Å². The molecule has 0 saturated heterocycles. The van der Waals surface area contributed by atoms with E-state index in [1.165, 1.54) is 0 Å². The van der Waals surface area contributed by atoms with Gasteiger partial charge in [-0.3, -0.25) is 14.6 Å². The van der Waals surface area contributed by atoms with Crippen LogP contribution in [0, 0.1) is 0 Å². The Morgan fingerprint density at radius 1 is 1.00 bits per heavy atom. The van der Waals surface area contributed by atoms with Crippen LogP contribution in [0.4, 0.5) is 5.69 Å². The number of likely N-dealkylation sites (N-methyl/N-ethyl adjacent to an activating group) is 1. The van der Waals surface area contributed by atoms with E-state index in [0.717, 1.165) is 16.7 Å². The van der Waals surface area contributed by atoms with Crippen LogP contribution in [-0.4, -0.2) is 44.3 Å². The summed E-state index contributed by atoms with van der Waals surface area (Å²) in [5, 5.41) is 0. The van der Waals surface area contributed by atoms with Crippen LogP contribution < -0.4 is 20.1 Å². The maximum absolute atomic E-state index is 13.7. The predicted octanol–water partition coefficient (Wildman–Crippen LogP) is 3.62. The van der Waals surface area contributed by atoms with Crippen molar-refractivity contribution in [3.63, 3.8) is 0 Å². The summed E-state index contributed by atoms with van der Waals surface area (Å²) >= 11 is 0. The Bertz CT molecular complexity index is 1250. The molecule has 0 fully saturated rings. The van der Waals surface area contributed by atoms with Gasteiger partial charge in [0.2, 0.25) is 5.91 Å². The molecule has 0 aromatic heterocycles. The zero-order valence-electron chi connectivity index (χ0n) is 19.4. The van der Waals surface area contributed by atoms with E-state index in [2.05, 4.69) is 0 Å². The number of carbonyl (C=O) groups is 2. The van der Waals surface area contributed by atoms with Gasteiger partial charge in [0.1, 0.15) is 6.04 Å². The van der Waals surface area contributed by atoms with Gasteiger partial charge in [-0.2, -0.15) is 0 Å². The first-order chi connectivity index (χ1) is 16.5. The lowest BCUT2D eigenvalue weighted by Gasteiger charge is -2.25. The van der Waals surface area contributed by atoms with Crippen LogP contribution in [0.5, 0.6) is 11.5 Å². The van der Waals surface area contributed by atoms with Gasteiger partial charge in [0.15, 0.2) is 11.5 Å². The summed E-state index contributed by atoms with van der Waals surface area (Å²) in [6.45, 7) is 2.38. The van der Waals surface area contributed by atoms with Crippen molar-refractivity contribution < 1.29 is 19.1 Å². The zero-order valence-corrected chi connectivity index (χ0v) is 19.4. The molecule has 3 aromatic carbocycles. The maximum Gasteiger partial charge on any atom is 0.252 e. The summed E-state index contributed by atoms with van der Waals surface area (Å²) in [5.74, 6) is 0.448. The summed E-state index contributed by atoms with van der Waals surface area (Å²) in [6.07, 6.45) is 0.328. The molecular formula is C27H27N3O4. The fourth-order valence-electron chi connectivity index (χ4n) is 4.22. The molecule has 7 heteroatoms. The number of ether oxygens (including phenoxy) is 2. The van der Waals surface area contributed by atoms with Gasteiger partial charge in [-0.15, -0.1) is 0 Å². The smallest absolute Gasteiger partial charge is 0.252 e. The Balaban J connectivity index is 1.90. The largest absolute Gasteiger partial charge is 0.493 e. The monoisotopic (exact) mass is 457 g/mol. The van der Waals surface area contributed by atoms with E-state index < -0.39 is 11.9 Å². The molecule has 1 unspecified atom stereocenters. The minimum Gasteiger partial charge on any atom is -0.493 e. The highest BCUT2D eigenvalue weighted by Gasteiger charge is 2.32. The average molecular weight is 458 g/mol.